The van der Waals surface area contributed by atoms with Crippen molar-refractivity contribution in [2.24, 2.45) is 0 Å². The average Bonchev–Trinajstić information content (AvgIpc) is 2.95. The van der Waals surface area contributed by atoms with Gasteiger partial charge < -0.3 is 20.1 Å². The first kappa shape index (κ1) is 23.8. The molecule has 0 aliphatic rings. The SMILES string of the molecule is COc1ccc(-c2ccccc2Nc2ncc(F)c(Nc3ccccc3-c3ccc(OC)cc3)n2)cc1. The van der Waals surface area contributed by atoms with Gasteiger partial charge in [-0.3, -0.25) is 0 Å². The molecule has 37 heavy (non-hydrogen) atoms. The second-order valence-electron chi connectivity index (χ2n) is 8.19. The summed E-state index contributed by atoms with van der Waals surface area (Å²) >= 11 is 0. The number of hydrogen-bond donors (Lipinski definition) is 2. The van der Waals surface area contributed by atoms with Gasteiger partial charge in [-0.2, -0.15) is 4.98 Å². The molecule has 0 amide bonds. The first-order valence-electron chi connectivity index (χ1n) is 11.7. The maximum absolute atomic E-state index is 14.8. The Balaban J connectivity index is 1.43. The van der Waals surface area contributed by atoms with E-state index in [1.54, 1.807) is 14.2 Å². The maximum Gasteiger partial charge on any atom is 0.229 e. The number of para-hydroxylation sites is 2. The predicted molar refractivity (Wildman–Crippen MR) is 145 cm³/mol. The molecule has 5 aromatic rings. The summed E-state index contributed by atoms with van der Waals surface area (Å²) in [6.07, 6.45) is 1.16. The van der Waals surface area contributed by atoms with Gasteiger partial charge in [0.05, 0.1) is 20.4 Å². The summed E-state index contributed by atoms with van der Waals surface area (Å²) in [7, 11) is 3.26. The molecule has 0 aliphatic heterocycles. The number of halogens is 1. The van der Waals surface area contributed by atoms with Gasteiger partial charge in [0.1, 0.15) is 11.5 Å². The van der Waals surface area contributed by atoms with Gasteiger partial charge in [-0.1, -0.05) is 60.7 Å². The van der Waals surface area contributed by atoms with Crippen LogP contribution in [0.3, 0.4) is 0 Å². The Kier molecular flexibility index (Phi) is 6.94. The van der Waals surface area contributed by atoms with Crippen LogP contribution < -0.4 is 20.1 Å². The molecule has 0 atom stereocenters. The molecular weight excluding hydrogens is 467 g/mol. The zero-order valence-corrected chi connectivity index (χ0v) is 20.4. The lowest BCUT2D eigenvalue weighted by atomic mass is 10.0. The molecule has 0 radical (unpaired) electrons. The minimum absolute atomic E-state index is 0.0698. The molecule has 0 aliphatic carbocycles. The van der Waals surface area contributed by atoms with E-state index in [9.17, 15) is 4.39 Å². The van der Waals surface area contributed by atoms with Crippen LogP contribution >= 0.6 is 0 Å². The highest BCUT2D eigenvalue weighted by Gasteiger charge is 2.13. The summed E-state index contributed by atoms with van der Waals surface area (Å²) in [6, 6.07) is 30.9. The molecule has 1 heterocycles. The van der Waals surface area contributed by atoms with Crippen molar-refractivity contribution in [1.82, 2.24) is 9.97 Å². The lowest BCUT2D eigenvalue weighted by molar-refractivity contribution is 0.415. The fourth-order valence-electron chi connectivity index (χ4n) is 3.99. The number of ether oxygens (including phenoxy) is 2. The van der Waals surface area contributed by atoms with Gasteiger partial charge in [0.25, 0.3) is 0 Å². The van der Waals surface area contributed by atoms with E-state index in [2.05, 4.69) is 20.6 Å². The van der Waals surface area contributed by atoms with Crippen LogP contribution in [0.4, 0.5) is 27.5 Å². The van der Waals surface area contributed by atoms with E-state index >= 15 is 0 Å². The molecule has 4 aromatic carbocycles. The summed E-state index contributed by atoms with van der Waals surface area (Å²) in [5.74, 6) is 1.33. The lowest BCUT2D eigenvalue weighted by Gasteiger charge is -2.15. The molecule has 0 saturated carbocycles. The fraction of sp³-hybridized carbons (Fsp3) is 0.0667. The second-order valence-corrected chi connectivity index (χ2v) is 8.19. The van der Waals surface area contributed by atoms with Crippen molar-refractivity contribution < 1.29 is 13.9 Å². The van der Waals surface area contributed by atoms with Crippen LogP contribution in [0.15, 0.2) is 103 Å². The molecule has 0 fully saturated rings. The zero-order valence-electron chi connectivity index (χ0n) is 20.4. The Morgan fingerprint density at radius 3 is 1.62 bits per heavy atom. The minimum atomic E-state index is -0.557. The Morgan fingerprint density at radius 2 is 1.11 bits per heavy atom. The molecule has 0 saturated heterocycles. The summed E-state index contributed by atoms with van der Waals surface area (Å²) in [6.45, 7) is 0. The molecule has 2 N–H and O–H groups in total. The third-order valence-corrected chi connectivity index (χ3v) is 5.90. The maximum atomic E-state index is 14.8. The van der Waals surface area contributed by atoms with Crippen molar-refractivity contribution in [1.29, 1.82) is 0 Å². The van der Waals surface area contributed by atoms with Crippen molar-refractivity contribution in [2.75, 3.05) is 24.9 Å². The Morgan fingerprint density at radius 1 is 0.622 bits per heavy atom. The van der Waals surface area contributed by atoms with Gasteiger partial charge in [0.2, 0.25) is 5.95 Å². The topological polar surface area (TPSA) is 68.3 Å². The van der Waals surface area contributed by atoms with E-state index in [-0.39, 0.29) is 11.8 Å². The van der Waals surface area contributed by atoms with Crippen LogP contribution in [0.2, 0.25) is 0 Å². The molecule has 7 heteroatoms. The standard InChI is InChI=1S/C30H25FN4O2/c1-36-22-15-11-20(12-16-22)24-7-3-5-9-27(24)33-29-26(31)19-32-30(35-29)34-28-10-6-4-8-25(28)21-13-17-23(37-2)18-14-21/h3-19H,1-2H3,(H2,32,33,34,35). The van der Waals surface area contributed by atoms with Crippen LogP contribution in [0.5, 0.6) is 11.5 Å². The molecule has 0 bridgehead atoms. The van der Waals surface area contributed by atoms with Gasteiger partial charge in [0, 0.05) is 22.5 Å². The summed E-state index contributed by atoms with van der Waals surface area (Å²) in [4.78, 5) is 8.61. The number of benzene rings is 4. The van der Waals surface area contributed by atoms with Crippen LogP contribution in [-0.4, -0.2) is 24.2 Å². The molecule has 184 valence electrons. The monoisotopic (exact) mass is 492 g/mol. The molecule has 6 nitrogen and oxygen atoms in total. The lowest BCUT2D eigenvalue weighted by Crippen LogP contribution is -2.04. The second kappa shape index (κ2) is 10.8. The third kappa shape index (κ3) is 5.36. The first-order chi connectivity index (χ1) is 18.1. The van der Waals surface area contributed by atoms with E-state index < -0.39 is 5.82 Å². The third-order valence-electron chi connectivity index (χ3n) is 5.90. The number of methoxy groups -OCH3 is 2. The molecule has 1 aromatic heterocycles. The highest BCUT2D eigenvalue weighted by atomic mass is 19.1. The van der Waals surface area contributed by atoms with Crippen LogP contribution in [0.1, 0.15) is 0 Å². The Hall–Kier alpha value is -4.91. The van der Waals surface area contributed by atoms with E-state index in [1.165, 1.54) is 0 Å². The van der Waals surface area contributed by atoms with E-state index in [0.717, 1.165) is 51.3 Å². The number of hydrogen-bond acceptors (Lipinski definition) is 6. The van der Waals surface area contributed by atoms with Crippen molar-refractivity contribution in [2.45, 2.75) is 0 Å². The van der Waals surface area contributed by atoms with Crippen molar-refractivity contribution in [3.63, 3.8) is 0 Å². The van der Waals surface area contributed by atoms with Crippen LogP contribution in [0, 0.1) is 5.82 Å². The van der Waals surface area contributed by atoms with Crippen molar-refractivity contribution in [3.8, 4) is 33.8 Å². The van der Waals surface area contributed by atoms with Crippen LogP contribution in [-0.2, 0) is 0 Å². The average molecular weight is 493 g/mol. The van der Waals surface area contributed by atoms with E-state index in [0.29, 0.717) is 0 Å². The highest BCUT2D eigenvalue weighted by Crippen LogP contribution is 2.33. The normalized spacial score (nSPS) is 10.6. The van der Waals surface area contributed by atoms with Gasteiger partial charge in [-0.05, 0) is 47.5 Å². The highest BCUT2D eigenvalue weighted by molar-refractivity contribution is 5.82. The van der Waals surface area contributed by atoms with E-state index in [1.807, 2.05) is 97.1 Å². The van der Waals surface area contributed by atoms with Gasteiger partial charge in [-0.15, -0.1) is 0 Å². The van der Waals surface area contributed by atoms with Gasteiger partial charge in [-0.25, -0.2) is 9.37 Å². The number of anilines is 4. The summed E-state index contributed by atoms with van der Waals surface area (Å²) < 4.78 is 25.3. The number of nitrogens with zero attached hydrogens (tertiary/aromatic N) is 2. The molecule has 5 rings (SSSR count). The van der Waals surface area contributed by atoms with Crippen LogP contribution in [0.25, 0.3) is 22.3 Å². The van der Waals surface area contributed by atoms with Crippen molar-refractivity contribution in [3.05, 3.63) is 109 Å². The molecule has 0 unspecified atom stereocenters. The zero-order chi connectivity index (χ0) is 25.6. The number of rotatable bonds is 8. The number of aromatic nitrogens is 2. The quantitative estimate of drug-likeness (QED) is 0.234. The summed E-state index contributed by atoms with van der Waals surface area (Å²) in [5.41, 5.74) is 5.33. The minimum Gasteiger partial charge on any atom is -0.497 e. The van der Waals surface area contributed by atoms with Crippen molar-refractivity contribution >= 4 is 23.1 Å². The smallest absolute Gasteiger partial charge is 0.229 e. The Bertz CT molecular complexity index is 1510. The largest absolute Gasteiger partial charge is 0.497 e. The fourth-order valence-corrected chi connectivity index (χ4v) is 3.99. The van der Waals surface area contributed by atoms with Gasteiger partial charge in [0.15, 0.2) is 11.6 Å². The number of nitrogens with one attached hydrogen (secondary N) is 2. The first-order valence-corrected chi connectivity index (χ1v) is 11.7. The van der Waals surface area contributed by atoms with Gasteiger partial charge >= 0.3 is 0 Å². The Labute approximate surface area is 214 Å². The predicted octanol–water partition coefficient (Wildman–Crippen LogP) is 7.45. The molecule has 0 spiro atoms. The van der Waals surface area contributed by atoms with E-state index in [4.69, 9.17) is 9.47 Å². The molecular formula is C30H25FN4O2. The summed E-state index contributed by atoms with van der Waals surface area (Å²) in [5, 5.41) is 6.38.